The normalized spacial score (nSPS) is 10.6. The van der Waals surface area contributed by atoms with Gasteiger partial charge < -0.3 is 4.40 Å². The summed E-state index contributed by atoms with van der Waals surface area (Å²) in [4.78, 5) is 4.33. The lowest BCUT2D eigenvalue weighted by Gasteiger charge is -2.06. The molecular formula is C14H17N3. The van der Waals surface area contributed by atoms with Gasteiger partial charge in [-0.05, 0) is 38.3 Å². The van der Waals surface area contributed by atoms with Crippen molar-refractivity contribution < 1.29 is 0 Å². The Hall–Kier alpha value is -1.82. The molecule has 0 aliphatic heterocycles. The van der Waals surface area contributed by atoms with Crippen molar-refractivity contribution in [3.8, 4) is 6.07 Å². The van der Waals surface area contributed by atoms with Crippen LogP contribution in [0.15, 0.2) is 24.4 Å². The summed E-state index contributed by atoms with van der Waals surface area (Å²) >= 11 is 0. The third-order valence-electron chi connectivity index (χ3n) is 3.03. The molecule has 0 amide bonds. The molecule has 0 aromatic carbocycles. The van der Waals surface area contributed by atoms with Gasteiger partial charge in [0.1, 0.15) is 5.82 Å². The fourth-order valence-electron chi connectivity index (χ4n) is 2.17. The Bertz CT molecular complexity index is 534. The van der Waals surface area contributed by atoms with Crippen LogP contribution in [0.3, 0.4) is 0 Å². The molecular weight excluding hydrogens is 210 g/mol. The van der Waals surface area contributed by atoms with E-state index >= 15 is 0 Å². The first kappa shape index (κ1) is 11.7. The molecule has 0 radical (unpaired) electrons. The third kappa shape index (κ3) is 2.65. The van der Waals surface area contributed by atoms with Crippen LogP contribution in [0.1, 0.15) is 37.2 Å². The van der Waals surface area contributed by atoms with Gasteiger partial charge in [-0.1, -0.05) is 12.5 Å². The van der Waals surface area contributed by atoms with E-state index in [4.69, 9.17) is 5.26 Å². The van der Waals surface area contributed by atoms with Gasteiger partial charge in [0.25, 0.3) is 0 Å². The summed E-state index contributed by atoms with van der Waals surface area (Å²) in [6.07, 6.45) is 6.91. The number of hydrogen-bond donors (Lipinski definition) is 0. The Morgan fingerprint density at radius 2 is 2.18 bits per heavy atom. The topological polar surface area (TPSA) is 41.1 Å². The molecule has 3 nitrogen and oxygen atoms in total. The van der Waals surface area contributed by atoms with Gasteiger partial charge in [-0.25, -0.2) is 4.98 Å². The monoisotopic (exact) mass is 227 g/mol. The Balaban J connectivity index is 2.03. The van der Waals surface area contributed by atoms with E-state index in [0.29, 0.717) is 6.42 Å². The number of pyridine rings is 1. The summed E-state index contributed by atoms with van der Waals surface area (Å²) in [5.41, 5.74) is 2.48. The Morgan fingerprint density at radius 3 is 3.00 bits per heavy atom. The molecule has 2 aromatic rings. The quantitative estimate of drug-likeness (QED) is 0.735. The molecule has 17 heavy (non-hydrogen) atoms. The Kier molecular flexibility index (Phi) is 3.77. The van der Waals surface area contributed by atoms with Crippen LogP contribution in [0, 0.1) is 18.3 Å². The number of imidazole rings is 1. The molecule has 0 saturated carbocycles. The molecule has 0 aliphatic rings. The first-order valence-electron chi connectivity index (χ1n) is 6.12. The van der Waals surface area contributed by atoms with Gasteiger partial charge in [0.05, 0.1) is 17.8 Å². The Morgan fingerprint density at radius 1 is 1.29 bits per heavy atom. The standard InChI is InChI=1S/C14H17N3/c1-12-16-11-14-9-6-8-13(17(12)14)7-4-2-3-5-10-15/h6,8-9,11H,2-5,7H2,1H3. The van der Waals surface area contributed by atoms with E-state index in [2.05, 4.69) is 33.7 Å². The lowest BCUT2D eigenvalue weighted by Crippen LogP contribution is -1.98. The maximum atomic E-state index is 8.47. The molecule has 0 atom stereocenters. The zero-order valence-corrected chi connectivity index (χ0v) is 10.2. The van der Waals surface area contributed by atoms with Crippen LogP contribution < -0.4 is 0 Å². The number of nitriles is 1. The first-order chi connectivity index (χ1) is 8.33. The first-order valence-corrected chi connectivity index (χ1v) is 6.12. The number of aryl methyl sites for hydroxylation is 2. The number of hydrogen-bond acceptors (Lipinski definition) is 2. The Labute approximate surface area is 102 Å². The number of nitrogens with zero attached hydrogens (tertiary/aromatic N) is 3. The van der Waals surface area contributed by atoms with Crippen molar-refractivity contribution in [3.63, 3.8) is 0 Å². The van der Waals surface area contributed by atoms with E-state index in [0.717, 1.165) is 37.0 Å². The minimum absolute atomic E-state index is 0.675. The summed E-state index contributed by atoms with van der Waals surface area (Å²) in [5, 5.41) is 8.47. The van der Waals surface area contributed by atoms with Crippen LogP contribution in [0.25, 0.3) is 5.52 Å². The van der Waals surface area contributed by atoms with Gasteiger partial charge in [0.2, 0.25) is 0 Å². The second kappa shape index (κ2) is 5.49. The highest BCUT2D eigenvalue weighted by molar-refractivity contribution is 5.47. The summed E-state index contributed by atoms with van der Waals surface area (Å²) in [6, 6.07) is 8.51. The number of rotatable bonds is 5. The zero-order chi connectivity index (χ0) is 12.1. The second-order valence-corrected chi connectivity index (χ2v) is 4.30. The molecule has 0 aliphatic carbocycles. The van der Waals surface area contributed by atoms with Gasteiger partial charge in [0, 0.05) is 12.1 Å². The summed E-state index contributed by atoms with van der Waals surface area (Å²) in [6.45, 7) is 2.03. The maximum absolute atomic E-state index is 8.47. The van der Waals surface area contributed by atoms with Gasteiger partial charge in [-0.3, -0.25) is 0 Å². The van der Waals surface area contributed by atoms with Crippen LogP contribution >= 0.6 is 0 Å². The summed E-state index contributed by atoms with van der Waals surface area (Å²) in [7, 11) is 0. The van der Waals surface area contributed by atoms with Crippen molar-refractivity contribution >= 4 is 5.52 Å². The highest BCUT2D eigenvalue weighted by atomic mass is 15.0. The average molecular weight is 227 g/mol. The molecule has 2 heterocycles. The van der Waals surface area contributed by atoms with E-state index < -0.39 is 0 Å². The van der Waals surface area contributed by atoms with E-state index in [1.807, 2.05) is 13.1 Å². The fourth-order valence-corrected chi connectivity index (χ4v) is 2.17. The van der Waals surface area contributed by atoms with Gasteiger partial charge in [0.15, 0.2) is 0 Å². The van der Waals surface area contributed by atoms with Crippen LogP contribution in [0.5, 0.6) is 0 Å². The summed E-state index contributed by atoms with van der Waals surface area (Å²) in [5.74, 6) is 1.05. The molecule has 2 rings (SSSR count). The van der Waals surface area contributed by atoms with Gasteiger partial charge in [-0.15, -0.1) is 0 Å². The molecule has 3 heteroatoms. The van der Waals surface area contributed by atoms with Crippen molar-refractivity contribution in [3.05, 3.63) is 35.9 Å². The van der Waals surface area contributed by atoms with E-state index in [-0.39, 0.29) is 0 Å². The van der Waals surface area contributed by atoms with E-state index in [9.17, 15) is 0 Å². The molecule has 0 N–H and O–H groups in total. The van der Waals surface area contributed by atoms with E-state index in [1.165, 1.54) is 5.69 Å². The zero-order valence-electron chi connectivity index (χ0n) is 10.2. The van der Waals surface area contributed by atoms with Gasteiger partial charge in [-0.2, -0.15) is 5.26 Å². The minimum atomic E-state index is 0.675. The van der Waals surface area contributed by atoms with Crippen LogP contribution in [-0.2, 0) is 6.42 Å². The molecule has 0 unspecified atom stereocenters. The van der Waals surface area contributed by atoms with Gasteiger partial charge >= 0.3 is 0 Å². The molecule has 88 valence electrons. The SMILES string of the molecule is Cc1ncc2cccc(CCCCCC#N)n12. The highest BCUT2D eigenvalue weighted by Gasteiger charge is 2.03. The van der Waals surface area contributed by atoms with Crippen LogP contribution in [0.4, 0.5) is 0 Å². The molecule has 0 spiro atoms. The third-order valence-corrected chi connectivity index (χ3v) is 3.03. The van der Waals surface area contributed by atoms with Crippen LogP contribution in [-0.4, -0.2) is 9.38 Å². The predicted molar refractivity (Wildman–Crippen MR) is 67.7 cm³/mol. The largest absolute Gasteiger partial charge is 0.301 e. The highest BCUT2D eigenvalue weighted by Crippen LogP contribution is 2.13. The molecule has 0 bridgehead atoms. The lowest BCUT2D eigenvalue weighted by atomic mass is 10.1. The van der Waals surface area contributed by atoms with E-state index in [1.54, 1.807) is 0 Å². The number of aromatic nitrogens is 2. The van der Waals surface area contributed by atoms with Crippen molar-refractivity contribution in [1.82, 2.24) is 9.38 Å². The molecule has 0 fully saturated rings. The molecule has 2 aromatic heterocycles. The lowest BCUT2D eigenvalue weighted by molar-refractivity contribution is 0.677. The summed E-state index contributed by atoms with van der Waals surface area (Å²) < 4.78 is 2.21. The fraction of sp³-hybridized carbons (Fsp3) is 0.429. The number of fused-ring (bicyclic) bond motifs is 1. The molecule has 0 saturated heterocycles. The second-order valence-electron chi connectivity index (χ2n) is 4.30. The van der Waals surface area contributed by atoms with Crippen molar-refractivity contribution in [2.24, 2.45) is 0 Å². The average Bonchev–Trinajstić information content (AvgIpc) is 2.72. The number of unbranched alkanes of at least 4 members (excludes halogenated alkanes) is 3. The predicted octanol–water partition coefficient (Wildman–Crippen LogP) is 3.27. The smallest absolute Gasteiger partial charge is 0.110 e. The maximum Gasteiger partial charge on any atom is 0.110 e. The minimum Gasteiger partial charge on any atom is -0.301 e. The van der Waals surface area contributed by atoms with Crippen molar-refractivity contribution in [2.75, 3.05) is 0 Å². The van der Waals surface area contributed by atoms with Crippen molar-refractivity contribution in [2.45, 2.75) is 39.0 Å². The van der Waals surface area contributed by atoms with Crippen LogP contribution in [0.2, 0.25) is 0 Å². The van der Waals surface area contributed by atoms with Crippen molar-refractivity contribution in [1.29, 1.82) is 5.26 Å².